The molecule has 0 radical (unpaired) electrons. The fraction of sp³-hybridized carbons (Fsp3) is 0.520. The smallest absolute Gasteiger partial charge is 0.341 e. The maximum absolute atomic E-state index is 13.0. The molecule has 1 atom stereocenters. The number of hydrogen-bond donors (Lipinski definition) is 1. The van der Waals surface area contributed by atoms with Crippen molar-refractivity contribution in [2.24, 2.45) is 5.92 Å². The van der Waals surface area contributed by atoms with Gasteiger partial charge in [0.15, 0.2) is 0 Å². The van der Waals surface area contributed by atoms with E-state index in [2.05, 4.69) is 12.2 Å². The van der Waals surface area contributed by atoms with Gasteiger partial charge in [-0.1, -0.05) is 20.8 Å². The highest BCUT2D eigenvalue weighted by Crippen LogP contribution is 2.40. The number of nitrogens with one attached hydrogen (secondary N) is 1. The Balaban J connectivity index is 1.84. The van der Waals surface area contributed by atoms with E-state index in [-0.39, 0.29) is 17.4 Å². The number of esters is 1. The molecule has 34 heavy (non-hydrogen) atoms. The number of thiophene rings is 1. The highest BCUT2D eigenvalue weighted by atomic mass is 32.2. The summed E-state index contributed by atoms with van der Waals surface area (Å²) in [7, 11) is -3.62. The van der Waals surface area contributed by atoms with E-state index in [0.29, 0.717) is 35.1 Å². The average molecular weight is 507 g/mol. The van der Waals surface area contributed by atoms with Crippen molar-refractivity contribution in [3.8, 4) is 0 Å². The zero-order chi connectivity index (χ0) is 24.9. The van der Waals surface area contributed by atoms with Gasteiger partial charge in [-0.05, 0) is 74.8 Å². The summed E-state index contributed by atoms with van der Waals surface area (Å²) in [5, 5.41) is 3.38. The lowest BCUT2D eigenvalue weighted by Gasteiger charge is -2.21. The predicted molar refractivity (Wildman–Crippen MR) is 135 cm³/mol. The maximum atomic E-state index is 13.0. The van der Waals surface area contributed by atoms with Crippen LogP contribution in [0, 0.1) is 5.92 Å². The molecule has 1 aromatic heterocycles. The van der Waals surface area contributed by atoms with Crippen molar-refractivity contribution in [3.05, 3.63) is 45.8 Å². The number of amides is 1. The summed E-state index contributed by atoms with van der Waals surface area (Å²) >= 11 is 1.43. The van der Waals surface area contributed by atoms with E-state index in [0.717, 1.165) is 42.5 Å². The van der Waals surface area contributed by atoms with E-state index in [1.165, 1.54) is 39.9 Å². The van der Waals surface area contributed by atoms with E-state index < -0.39 is 16.0 Å². The van der Waals surface area contributed by atoms with Crippen LogP contribution in [-0.4, -0.2) is 44.3 Å². The highest BCUT2D eigenvalue weighted by Gasteiger charge is 2.29. The van der Waals surface area contributed by atoms with Crippen molar-refractivity contribution in [1.29, 1.82) is 0 Å². The van der Waals surface area contributed by atoms with Gasteiger partial charge >= 0.3 is 5.97 Å². The summed E-state index contributed by atoms with van der Waals surface area (Å²) < 4.78 is 32.7. The first-order valence-corrected chi connectivity index (χ1v) is 14.2. The minimum atomic E-state index is -3.62. The van der Waals surface area contributed by atoms with E-state index in [9.17, 15) is 18.0 Å². The van der Waals surface area contributed by atoms with Gasteiger partial charge in [0, 0.05) is 23.5 Å². The number of fused-ring (bicyclic) bond motifs is 1. The van der Waals surface area contributed by atoms with Crippen LogP contribution in [0.1, 0.15) is 78.1 Å². The minimum absolute atomic E-state index is 0.165. The van der Waals surface area contributed by atoms with Crippen molar-refractivity contribution in [3.63, 3.8) is 0 Å². The number of sulfonamides is 1. The van der Waals surface area contributed by atoms with Gasteiger partial charge in [-0.15, -0.1) is 11.3 Å². The molecule has 9 heteroatoms. The van der Waals surface area contributed by atoms with E-state index in [1.807, 2.05) is 13.8 Å². The standard InChI is InChI=1S/C25H34N2O5S2/c1-5-14-27(15-6-2)34(30,31)19-11-9-18(10-12-19)23(28)26-24-22(25(29)32-7-3)20-13-8-17(4)16-21(20)33-24/h9-12,17H,5-8,13-16H2,1-4H3,(H,26,28). The Morgan fingerprint density at radius 3 is 2.35 bits per heavy atom. The first-order chi connectivity index (χ1) is 16.2. The fourth-order valence-corrected chi connectivity index (χ4v) is 7.23. The zero-order valence-electron chi connectivity index (χ0n) is 20.3. The normalized spacial score (nSPS) is 15.7. The molecule has 0 fully saturated rings. The van der Waals surface area contributed by atoms with Gasteiger partial charge in [-0.3, -0.25) is 4.79 Å². The Hall–Kier alpha value is -2.23. The largest absolute Gasteiger partial charge is 0.462 e. The Kier molecular flexibility index (Phi) is 8.89. The highest BCUT2D eigenvalue weighted by molar-refractivity contribution is 7.89. The molecule has 0 bridgehead atoms. The van der Waals surface area contributed by atoms with Gasteiger partial charge in [-0.25, -0.2) is 13.2 Å². The molecule has 1 aliphatic carbocycles. The van der Waals surface area contributed by atoms with Crippen LogP contribution in [0.15, 0.2) is 29.2 Å². The molecule has 1 aliphatic rings. The molecule has 0 aliphatic heterocycles. The molecule has 1 aromatic carbocycles. The summed E-state index contributed by atoms with van der Waals surface area (Å²) in [6, 6.07) is 5.96. The molecule has 1 heterocycles. The number of carbonyl (C=O) groups excluding carboxylic acids is 2. The summed E-state index contributed by atoms with van der Waals surface area (Å²) in [5.74, 6) is -0.280. The Morgan fingerprint density at radius 2 is 1.76 bits per heavy atom. The molecule has 1 N–H and O–H groups in total. The summed E-state index contributed by atoms with van der Waals surface area (Å²) in [6.45, 7) is 9.00. The van der Waals surface area contributed by atoms with Crippen LogP contribution in [0.2, 0.25) is 0 Å². The lowest BCUT2D eigenvalue weighted by Crippen LogP contribution is -2.32. The molecule has 0 saturated carbocycles. The molecule has 186 valence electrons. The SMILES string of the molecule is CCCN(CCC)S(=O)(=O)c1ccc(C(=O)Nc2sc3c(c2C(=O)OCC)CCC(C)C3)cc1. The molecule has 1 unspecified atom stereocenters. The van der Waals surface area contributed by atoms with Crippen molar-refractivity contribution in [1.82, 2.24) is 4.31 Å². The number of carbonyl (C=O) groups is 2. The van der Waals surface area contributed by atoms with Crippen LogP contribution >= 0.6 is 11.3 Å². The van der Waals surface area contributed by atoms with Crippen LogP contribution < -0.4 is 5.32 Å². The second-order valence-corrected chi connectivity index (χ2v) is 11.7. The first kappa shape index (κ1) is 26.4. The summed E-state index contributed by atoms with van der Waals surface area (Å²) in [6.07, 6.45) is 4.11. The number of ether oxygens (including phenoxy) is 1. The predicted octanol–water partition coefficient (Wildman–Crippen LogP) is 5.11. The molecule has 1 amide bonds. The van der Waals surface area contributed by atoms with Gasteiger partial charge in [0.25, 0.3) is 5.91 Å². The van der Waals surface area contributed by atoms with Gasteiger partial charge in [0.2, 0.25) is 10.0 Å². The maximum Gasteiger partial charge on any atom is 0.341 e. The van der Waals surface area contributed by atoms with Crippen molar-refractivity contribution >= 4 is 38.2 Å². The Bertz CT molecular complexity index is 1120. The third kappa shape index (κ3) is 5.70. The third-order valence-electron chi connectivity index (χ3n) is 5.92. The summed E-state index contributed by atoms with van der Waals surface area (Å²) in [5.41, 5.74) is 1.76. The second kappa shape index (κ2) is 11.5. The van der Waals surface area contributed by atoms with Crippen LogP contribution in [0.25, 0.3) is 0 Å². The van der Waals surface area contributed by atoms with E-state index >= 15 is 0 Å². The number of hydrogen-bond acceptors (Lipinski definition) is 6. The summed E-state index contributed by atoms with van der Waals surface area (Å²) in [4.78, 5) is 27.0. The second-order valence-electron chi connectivity index (χ2n) is 8.66. The van der Waals surface area contributed by atoms with E-state index in [4.69, 9.17) is 4.74 Å². The molecular formula is C25H34N2O5S2. The van der Waals surface area contributed by atoms with Gasteiger partial charge in [0.05, 0.1) is 17.1 Å². The Labute approximate surface area is 206 Å². The first-order valence-electron chi connectivity index (χ1n) is 12.0. The quantitative estimate of drug-likeness (QED) is 0.452. The molecule has 0 spiro atoms. The monoisotopic (exact) mass is 506 g/mol. The zero-order valence-corrected chi connectivity index (χ0v) is 22.0. The van der Waals surface area contributed by atoms with Crippen molar-refractivity contribution in [2.75, 3.05) is 25.0 Å². The molecule has 0 saturated heterocycles. The third-order valence-corrected chi connectivity index (χ3v) is 9.00. The van der Waals surface area contributed by atoms with Crippen molar-refractivity contribution in [2.45, 2.75) is 64.7 Å². The topological polar surface area (TPSA) is 92.8 Å². The van der Waals surface area contributed by atoms with Crippen LogP contribution in [0.3, 0.4) is 0 Å². The van der Waals surface area contributed by atoms with Crippen LogP contribution in [-0.2, 0) is 27.6 Å². The fourth-order valence-electron chi connectivity index (χ4n) is 4.21. The number of rotatable bonds is 10. The van der Waals surface area contributed by atoms with Crippen molar-refractivity contribution < 1.29 is 22.7 Å². The average Bonchev–Trinajstić information content (AvgIpc) is 3.15. The minimum Gasteiger partial charge on any atom is -0.462 e. The van der Waals surface area contributed by atoms with Gasteiger partial charge in [-0.2, -0.15) is 4.31 Å². The molecule has 7 nitrogen and oxygen atoms in total. The Morgan fingerprint density at radius 1 is 1.12 bits per heavy atom. The van der Waals surface area contributed by atoms with E-state index in [1.54, 1.807) is 6.92 Å². The number of anilines is 1. The lowest BCUT2D eigenvalue weighted by molar-refractivity contribution is 0.0526. The van der Waals surface area contributed by atoms with Gasteiger partial charge < -0.3 is 10.1 Å². The number of nitrogens with zero attached hydrogens (tertiary/aromatic N) is 1. The van der Waals surface area contributed by atoms with Crippen LogP contribution in [0.4, 0.5) is 5.00 Å². The number of benzene rings is 1. The lowest BCUT2D eigenvalue weighted by atomic mass is 9.88. The molecule has 2 aromatic rings. The van der Waals surface area contributed by atoms with Crippen LogP contribution in [0.5, 0.6) is 0 Å². The molecule has 3 rings (SSSR count). The molecular weight excluding hydrogens is 472 g/mol. The van der Waals surface area contributed by atoms with Gasteiger partial charge in [0.1, 0.15) is 5.00 Å².